The standard InChI is InChI=1S/C23H22B2NO8/c1-30-23-19(26-15-9-7-13-8-10-18(28)31-16(13)11-15)21(34-25-24)20(17(12-27)32-23)33-22(29)14-5-3-2-4-6-14/h2-11,17,19-21,23,26-27H,12H2,1H3. The number of methoxy groups -OCH3 is 1. The number of hydrogen-bond donors (Lipinski definition) is 2. The number of benzene rings is 2. The molecule has 3 aromatic rings. The van der Waals surface area contributed by atoms with Gasteiger partial charge in [0.1, 0.15) is 0 Å². The summed E-state index contributed by atoms with van der Waals surface area (Å²) in [7, 11) is 7.99. The third-order valence-corrected chi connectivity index (χ3v) is 5.50. The van der Waals surface area contributed by atoms with Gasteiger partial charge in [0.2, 0.25) is 0 Å². The van der Waals surface area contributed by atoms with Crippen LogP contribution in [0.2, 0.25) is 0 Å². The number of ether oxygens (including phenoxy) is 3. The monoisotopic (exact) mass is 462 g/mol. The van der Waals surface area contributed by atoms with E-state index in [1.54, 1.807) is 54.6 Å². The van der Waals surface area contributed by atoms with Gasteiger partial charge in [0.15, 0.2) is 0 Å². The molecule has 2 heterocycles. The van der Waals surface area contributed by atoms with E-state index in [4.69, 9.17) is 30.7 Å². The summed E-state index contributed by atoms with van der Waals surface area (Å²) in [5.41, 5.74) is 0.806. The van der Waals surface area contributed by atoms with Crippen molar-refractivity contribution in [3.8, 4) is 0 Å². The van der Waals surface area contributed by atoms with Crippen LogP contribution in [-0.4, -0.2) is 69.8 Å². The zero-order chi connectivity index (χ0) is 24.1. The van der Waals surface area contributed by atoms with Crippen LogP contribution >= 0.6 is 0 Å². The van der Waals surface area contributed by atoms with E-state index in [2.05, 4.69) is 5.32 Å². The molecule has 0 bridgehead atoms. The van der Waals surface area contributed by atoms with Crippen molar-refractivity contribution >= 4 is 37.0 Å². The normalized spacial score (nSPS) is 24.2. The molecule has 1 aliphatic rings. The molecule has 1 radical (unpaired) electrons. The third-order valence-electron chi connectivity index (χ3n) is 5.50. The zero-order valence-electron chi connectivity index (χ0n) is 18.3. The summed E-state index contributed by atoms with van der Waals surface area (Å²) in [4.78, 5) is 24.4. The van der Waals surface area contributed by atoms with E-state index in [0.29, 0.717) is 16.8 Å². The average Bonchev–Trinajstić information content (AvgIpc) is 2.86. The minimum atomic E-state index is -1.03. The summed E-state index contributed by atoms with van der Waals surface area (Å²) in [5, 5.41) is 13.9. The summed E-state index contributed by atoms with van der Waals surface area (Å²) in [6.45, 7) is -0.453. The Morgan fingerprint density at radius 2 is 1.91 bits per heavy atom. The maximum absolute atomic E-state index is 12.8. The zero-order valence-corrected chi connectivity index (χ0v) is 18.3. The van der Waals surface area contributed by atoms with E-state index in [0.717, 1.165) is 12.4 Å². The number of aliphatic hydroxyl groups excluding tert-OH is 1. The molecule has 34 heavy (non-hydrogen) atoms. The molecule has 11 heteroatoms. The van der Waals surface area contributed by atoms with Gasteiger partial charge < -0.3 is 0 Å². The fourth-order valence-electron chi connectivity index (χ4n) is 3.91. The van der Waals surface area contributed by atoms with Crippen LogP contribution < -0.4 is 10.9 Å². The van der Waals surface area contributed by atoms with Crippen molar-refractivity contribution < 1.29 is 33.2 Å². The molecule has 5 atom stereocenters. The molecule has 9 nitrogen and oxygen atoms in total. The minimum absolute atomic E-state index is 0.331. The van der Waals surface area contributed by atoms with Gasteiger partial charge in [-0.2, -0.15) is 0 Å². The molecule has 1 saturated heterocycles. The third kappa shape index (κ3) is 5.11. The molecular weight excluding hydrogens is 440 g/mol. The Kier molecular flexibility index (Phi) is 7.56. The molecule has 0 saturated carbocycles. The predicted octanol–water partition coefficient (Wildman–Crippen LogP) is 1.25. The summed E-state index contributed by atoms with van der Waals surface area (Å²) in [6, 6.07) is 15.9. The van der Waals surface area contributed by atoms with Gasteiger partial charge in [0.25, 0.3) is 0 Å². The summed E-state index contributed by atoms with van der Waals surface area (Å²) >= 11 is 0. The number of aliphatic hydroxyl groups is 1. The number of nitrogens with one attached hydrogen (secondary N) is 1. The number of fused-ring (bicyclic) bond motifs is 1. The van der Waals surface area contributed by atoms with Crippen molar-refractivity contribution in [2.75, 3.05) is 19.0 Å². The van der Waals surface area contributed by atoms with Crippen LogP contribution in [0.15, 0.2) is 69.9 Å². The first-order valence-corrected chi connectivity index (χ1v) is 10.6. The van der Waals surface area contributed by atoms with Crippen molar-refractivity contribution in [1.82, 2.24) is 0 Å². The van der Waals surface area contributed by atoms with E-state index in [-0.39, 0.29) is 0 Å². The maximum atomic E-state index is 12.8. The number of carbonyl (C=O) groups is 1. The fraction of sp³-hybridized carbons (Fsp3) is 0.304. The van der Waals surface area contributed by atoms with Gasteiger partial charge in [-0.1, -0.05) is 0 Å². The number of anilines is 1. The first-order chi connectivity index (χ1) is 16.5. The van der Waals surface area contributed by atoms with Crippen LogP contribution in [0.5, 0.6) is 0 Å². The molecule has 0 amide bonds. The fourth-order valence-corrected chi connectivity index (χ4v) is 3.91. The molecule has 0 spiro atoms. The first kappa shape index (κ1) is 23.9. The molecule has 2 N–H and O–H groups in total. The SMILES string of the molecule is [B]=BOC1C(Nc2ccc3ccc(=O)oc3c2)C(OC)OC(CO)C1OC(=O)c1ccccc1. The van der Waals surface area contributed by atoms with Gasteiger partial charge in [-0.15, -0.1) is 0 Å². The average molecular weight is 462 g/mol. The molecule has 4 rings (SSSR count). The Hall–Kier alpha value is -3.27. The van der Waals surface area contributed by atoms with Gasteiger partial charge in [-0.3, -0.25) is 0 Å². The Morgan fingerprint density at radius 3 is 2.62 bits per heavy atom. The molecule has 1 aromatic heterocycles. The van der Waals surface area contributed by atoms with Gasteiger partial charge in [-0.25, -0.2) is 0 Å². The van der Waals surface area contributed by atoms with Crippen LogP contribution in [0.25, 0.3) is 11.0 Å². The van der Waals surface area contributed by atoms with Crippen molar-refractivity contribution in [1.29, 1.82) is 0 Å². The predicted molar refractivity (Wildman–Crippen MR) is 125 cm³/mol. The second-order valence-corrected chi connectivity index (χ2v) is 7.61. The van der Waals surface area contributed by atoms with Crippen LogP contribution in [0.4, 0.5) is 5.69 Å². The van der Waals surface area contributed by atoms with E-state index in [1.165, 1.54) is 13.2 Å². The topological polar surface area (TPSA) is 116 Å². The quantitative estimate of drug-likeness (QED) is 0.290. The number of rotatable bonds is 8. The van der Waals surface area contributed by atoms with Gasteiger partial charge in [-0.05, 0) is 0 Å². The second kappa shape index (κ2) is 10.8. The van der Waals surface area contributed by atoms with E-state index >= 15 is 0 Å². The van der Waals surface area contributed by atoms with Gasteiger partial charge in [0, 0.05) is 0 Å². The Bertz CT molecular complexity index is 1200. The number of esters is 1. The van der Waals surface area contributed by atoms with Crippen molar-refractivity contribution in [3.05, 3.63) is 76.6 Å². The molecular formula is C23H22B2NO8. The van der Waals surface area contributed by atoms with Crippen LogP contribution in [-0.2, 0) is 18.9 Å². The van der Waals surface area contributed by atoms with E-state index in [9.17, 15) is 14.7 Å². The van der Waals surface area contributed by atoms with Crippen molar-refractivity contribution in [2.24, 2.45) is 0 Å². The van der Waals surface area contributed by atoms with Crippen LogP contribution in [0, 0.1) is 0 Å². The Labute approximate surface area is 196 Å². The number of hydrogen-bond acceptors (Lipinski definition) is 9. The van der Waals surface area contributed by atoms with Crippen LogP contribution in [0.3, 0.4) is 0 Å². The summed E-state index contributed by atoms with van der Waals surface area (Å²) in [5.74, 6) is -0.611. The molecule has 0 aliphatic carbocycles. The molecule has 5 unspecified atom stereocenters. The molecule has 1 fully saturated rings. The summed E-state index contributed by atoms with van der Waals surface area (Å²) < 4.78 is 28.0. The number of carbonyl (C=O) groups excluding carboxylic acids is 1. The van der Waals surface area contributed by atoms with Crippen molar-refractivity contribution in [2.45, 2.75) is 30.6 Å². The second-order valence-electron chi connectivity index (χ2n) is 7.61. The molecule has 2 aromatic carbocycles. The van der Waals surface area contributed by atoms with E-state index in [1.807, 2.05) is 0 Å². The Morgan fingerprint density at radius 1 is 1.15 bits per heavy atom. The summed E-state index contributed by atoms with van der Waals surface area (Å²) in [6.07, 6.45) is -3.76. The molecule has 1 aliphatic heterocycles. The van der Waals surface area contributed by atoms with Crippen molar-refractivity contribution in [3.63, 3.8) is 0 Å². The molecule has 173 valence electrons. The first-order valence-electron chi connectivity index (χ1n) is 10.6. The van der Waals surface area contributed by atoms with Gasteiger partial charge >= 0.3 is 197 Å². The van der Waals surface area contributed by atoms with Crippen LogP contribution in [0.1, 0.15) is 10.4 Å². The van der Waals surface area contributed by atoms with E-state index < -0.39 is 48.8 Å². The van der Waals surface area contributed by atoms with Gasteiger partial charge in [0.05, 0.1) is 0 Å². The Balaban J connectivity index is 1.65.